The first-order valence-electron chi connectivity index (χ1n) is 3.17. The molecule has 0 saturated heterocycles. The quantitative estimate of drug-likeness (QED) is 0.760. The van der Waals surface area contributed by atoms with Crippen LogP contribution in [0.3, 0.4) is 0 Å². The van der Waals surface area contributed by atoms with E-state index >= 15 is 0 Å². The van der Waals surface area contributed by atoms with Crippen LogP contribution in [0.4, 0.5) is 0 Å². The second-order valence-corrected chi connectivity index (χ2v) is 2.15. The Morgan fingerprint density at radius 2 is 1.69 bits per heavy atom. The first-order valence-corrected chi connectivity index (χ1v) is 3.17. The maximum Gasteiger partial charge on any atom is 0 e. The number of carboxylic acids is 1. The van der Waals surface area contributed by atoms with Crippen LogP contribution in [0.2, 0.25) is 0 Å². The Hall–Kier alpha value is 1.17. The largest absolute Gasteiger partial charge is 0 e. The number of hydrogen-bond acceptors (Lipinski definition) is 2. The molecule has 0 heterocycles. The van der Waals surface area contributed by atoms with E-state index in [1.165, 1.54) is 0 Å². The number of hydrogen-bond donors (Lipinski definition) is 2. The van der Waals surface area contributed by atoms with Gasteiger partial charge < -0.3 is 10.2 Å². The molecule has 0 aliphatic carbocycles. The summed E-state index contributed by atoms with van der Waals surface area (Å²) in [6, 6.07) is 8.26. The van der Waals surface area contributed by atoms with E-state index in [1.807, 2.05) is 0 Å². The molecule has 0 bridgehead atoms. The summed E-state index contributed by atoms with van der Waals surface area (Å²) in [5, 5.41) is 17.4. The molecule has 0 spiro atoms. The Morgan fingerprint density at radius 3 is 2.08 bits per heavy atom. The van der Waals surface area contributed by atoms with Crippen molar-refractivity contribution < 1.29 is 41.2 Å². The number of rotatable bonds is 2. The van der Waals surface area contributed by atoms with Gasteiger partial charge in [0.05, 0.1) is 0 Å². The molecule has 13 heavy (non-hydrogen) atoms. The van der Waals surface area contributed by atoms with Gasteiger partial charge in [0.1, 0.15) is 0 Å². The maximum atomic E-state index is 10.2. The van der Waals surface area contributed by atoms with Crippen molar-refractivity contribution in [2.45, 2.75) is 6.10 Å². The predicted molar refractivity (Wildman–Crippen MR) is 46.2 cm³/mol. The maximum absolute atomic E-state index is 10.2. The van der Waals surface area contributed by atoms with Crippen LogP contribution >= 0.6 is 0 Å². The Kier molecular flexibility index (Phi) is 10.8. The van der Waals surface area contributed by atoms with Crippen LogP contribution in [0, 0.1) is 0 Å². The molecule has 1 aromatic carbocycles. The number of carboxylic acid groups (broad SMARTS) is 1. The van der Waals surface area contributed by atoms with Gasteiger partial charge in [-0.15, -0.1) is 0 Å². The average molecular weight is 283 g/mol. The minimum absolute atomic E-state index is 0. The third kappa shape index (κ3) is 5.57. The van der Waals surface area contributed by atoms with E-state index in [0.29, 0.717) is 5.56 Å². The van der Waals surface area contributed by atoms with Gasteiger partial charge in [0.25, 0.3) is 0 Å². The van der Waals surface area contributed by atoms with Crippen LogP contribution in [0.15, 0.2) is 30.3 Å². The fourth-order valence-corrected chi connectivity index (χ4v) is 0.778. The van der Waals surface area contributed by atoms with Gasteiger partial charge in [0.2, 0.25) is 0 Å². The molecule has 0 amide bonds. The van der Waals surface area contributed by atoms with Crippen LogP contribution in [0.5, 0.6) is 0 Å². The van der Waals surface area contributed by atoms with Crippen LogP contribution in [-0.2, 0) is 31.0 Å². The summed E-state index contributed by atoms with van der Waals surface area (Å²) < 4.78 is 0. The molecule has 0 unspecified atom stereocenters. The zero-order valence-electron chi connectivity index (χ0n) is 6.27. The third-order valence-corrected chi connectivity index (χ3v) is 1.35. The van der Waals surface area contributed by atoms with Crippen molar-refractivity contribution in [3.63, 3.8) is 0 Å². The van der Waals surface area contributed by atoms with Crippen LogP contribution < -0.4 is 0 Å². The van der Waals surface area contributed by atoms with Crippen molar-refractivity contribution in [2.75, 3.05) is 0 Å². The van der Waals surface area contributed by atoms with Crippen molar-refractivity contribution in [2.24, 2.45) is 0 Å². The van der Waals surface area contributed by atoms with Crippen molar-refractivity contribution in [3.05, 3.63) is 35.9 Å². The average Bonchev–Trinajstić information content (AvgIpc) is 2.05. The first-order chi connectivity index (χ1) is 5.22. The molecular formula is C8H9KO3Zr. The molecular weight excluding hydrogens is 274 g/mol. The molecule has 0 radical (unpaired) electrons. The SMILES string of the molecule is O=C(O)[C@H](O)c1ccccc1.[KH].[Zr]. The van der Waals surface area contributed by atoms with Crippen molar-refractivity contribution in [1.82, 2.24) is 0 Å². The summed E-state index contributed by atoms with van der Waals surface area (Å²) in [4.78, 5) is 10.2. The molecule has 2 N–H and O–H groups in total. The summed E-state index contributed by atoms with van der Waals surface area (Å²) in [6.45, 7) is 0. The molecule has 0 aliphatic heterocycles. The van der Waals surface area contributed by atoms with Crippen LogP contribution in [-0.4, -0.2) is 67.6 Å². The molecule has 1 aromatic rings. The van der Waals surface area contributed by atoms with Crippen molar-refractivity contribution in [3.8, 4) is 0 Å². The Morgan fingerprint density at radius 1 is 1.23 bits per heavy atom. The molecule has 1 rings (SSSR count). The fraction of sp³-hybridized carbons (Fsp3) is 0.125. The van der Waals surface area contributed by atoms with Gasteiger partial charge in [0, 0.05) is 26.2 Å². The fourth-order valence-electron chi connectivity index (χ4n) is 0.778. The van der Waals surface area contributed by atoms with E-state index in [9.17, 15) is 4.79 Å². The van der Waals surface area contributed by atoms with E-state index < -0.39 is 12.1 Å². The van der Waals surface area contributed by atoms with Gasteiger partial charge in [-0.1, -0.05) is 30.3 Å². The summed E-state index contributed by atoms with van der Waals surface area (Å²) in [7, 11) is 0. The second kappa shape index (κ2) is 8.48. The number of aliphatic hydroxyl groups excluding tert-OH is 1. The number of benzene rings is 1. The van der Waals surface area contributed by atoms with E-state index in [1.54, 1.807) is 30.3 Å². The van der Waals surface area contributed by atoms with Gasteiger partial charge in [-0.2, -0.15) is 0 Å². The minimum Gasteiger partial charge on any atom is 0 e. The smallest absolute Gasteiger partial charge is 0 e. The van der Waals surface area contributed by atoms with Crippen molar-refractivity contribution in [1.29, 1.82) is 0 Å². The molecule has 3 nitrogen and oxygen atoms in total. The monoisotopic (exact) mass is 282 g/mol. The van der Waals surface area contributed by atoms with Crippen LogP contribution in [0.25, 0.3) is 0 Å². The van der Waals surface area contributed by atoms with E-state index in [0.717, 1.165) is 0 Å². The molecule has 0 aromatic heterocycles. The Labute approximate surface area is 138 Å². The third-order valence-electron chi connectivity index (χ3n) is 1.35. The molecule has 0 fully saturated rings. The summed E-state index contributed by atoms with van der Waals surface area (Å²) >= 11 is 0. The van der Waals surface area contributed by atoms with Crippen LogP contribution in [0.1, 0.15) is 11.7 Å². The normalized spacial score (nSPS) is 10.5. The van der Waals surface area contributed by atoms with Gasteiger partial charge in [-0.05, 0) is 5.56 Å². The first kappa shape index (κ1) is 16.6. The Bertz CT molecular complexity index is 253. The summed E-state index contributed by atoms with van der Waals surface area (Å²) in [6.07, 6.45) is -1.41. The number of carbonyl (C=O) groups is 1. The van der Waals surface area contributed by atoms with E-state index in [4.69, 9.17) is 10.2 Å². The number of aliphatic carboxylic acids is 1. The Balaban J connectivity index is 0. The summed E-state index contributed by atoms with van der Waals surface area (Å²) in [5.74, 6) is -1.23. The topological polar surface area (TPSA) is 57.5 Å². The minimum atomic E-state index is -1.41. The molecule has 64 valence electrons. The second-order valence-electron chi connectivity index (χ2n) is 2.15. The molecule has 0 aliphatic rings. The van der Waals surface area contributed by atoms with Crippen molar-refractivity contribution >= 4 is 57.4 Å². The van der Waals surface area contributed by atoms with Gasteiger partial charge in [0.15, 0.2) is 6.10 Å². The molecule has 1 atom stereocenters. The van der Waals surface area contributed by atoms with E-state index in [2.05, 4.69) is 0 Å². The van der Waals surface area contributed by atoms with Gasteiger partial charge >= 0.3 is 57.4 Å². The molecule has 5 heteroatoms. The number of aliphatic hydroxyl groups is 1. The van der Waals surface area contributed by atoms with Gasteiger partial charge in [-0.25, -0.2) is 4.79 Å². The zero-order valence-corrected chi connectivity index (χ0v) is 8.72. The standard InChI is InChI=1S/C8H8O3.K.Zr.H/c9-7(8(10)11)6-4-2-1-3-5-6;;;/h1-5,7,9H,(H,10,11);;;/t7-;;;/m1.../s1. The molecule has 0 saturated carbocycles. The van der Waals surface area contributed by atoms with Gasteiger partial charge in [-0.3, -0.25) is 0 Å². The van der Waals surface area contributed by atoms with E-state index in [-0.39, 0.29) is 77.6 Å². The zero-order chi connectivity index (χ0) is 8.27. The predicted octanol–water partition coefficient (Wildman–Crippen LogP) is 0.154. The summed E-state index contributed by atoms with van der Waals surface area (Å²) in [5.41, 5.74) is 0.403.